The second kappa shape index (κ2) is 10.4. The maximum absolute atomic E-state index is 2.23. The Bertz CT molecular complexity index is 489. The van der Waals surface area contributed by atoms with Crippen molar-refractivity contribution in [2.75, 3.05) is 0 Å². The first-order valence-electron chi connectivity index (χ1n) is 7.45. The van der Waals surface area contributed by atoms with Crippen LogP contribution < -0.4 is 7.91 Å². The fourth-order valence-electron chi connectivity index (χ4n) is 1.89. The van der Waals surface area contributed by atoms with E-state index in [1.54, 1.807) is 0 Å². The van der Waals surface area contributed by atoms with Gasteiger partial charge in [-0.15, -0.1) is 0 Å². The standard InChI is InChI=1S/C8H12.2C6H5.Pt/c1-2-4-6-8-7-5-3-1;2*1-2-4-6-5-3-1;/h1-4H,5-8H2;2*1-5H;/b3-1-,4-2-;;;. The van der Waals surface area contributed by atoms with E-state index in [9.17, 15) is 0 Å². The predicted molar refractivity (Wildman–Crippen MR) is 88.9 cm³/mol. The Balaban J connectivity index is 0.000000173. The summed E-state index contributed by atoms with van der Waals surface area (Å²) >= 11 is 0.0186. The third kappa shape index (κ3) is 7.25. The Hall–Kier alpha value is -1.39. The van der Waals surface area contributed by atoms with Crippen molar-refractivity contribution in [3.8, 4) is 0 Å². The first kappa shape index (κ1) is 16.0. The third-order valence-corrected chi connectivity index (χ3v) is 5.81. The Kier molecular flexibility index (Phi) is 7.88. The van der Waals surface area contributed by atoms with Crippen molar-refractivity contribution in [2.24, 2.45) is 0 Å². The molecule has 0 N–H and O–H groups in total. The molecular formula is C20H22Pt. The summed E-state index contributed by atoms with van der Waals surface area (Å²) in [5.74, 6) is 0. The predicted octanol–water partition coefficient (Wildman–Crippen LogP) is 4.39. The van der Waals surface area contributed by atoms with Crippen LogP contribution in [0.1, 0.15) is 25.7 Å². The molecule has 0 atom stereocenters. The van der Waals surface area contributed by atoms with Crippen LogP contribution in [0.25, 0.3) is 0 Å². The van der Waals surface area contributed by atoms with Crippen LogP contribution >= 0.6 is 0 Å². The molecule has 1 aliphatic rings. The molecule has 1 aliphatic carbocycles. The molecule has 0 amide bonds. The van der Waals surface area contributed by atoms with Crippen molar-refractivity contribution < 1.29 is 18.6 Å². The Labute approximate surface area is 137 Å². The van der Waals surface area contributed by atoms with Crippen molar-refractivity contribution in [1.82, 2.24) is 0 Å². The van der Waals surface area contributed by atoms with E-state index in [0.717, 1.165) is 0 Å². The molecule has 0 aromatic heterocycles. The fraction of sp³-hybridized carbons (Fsp3) is 0.200. The molecule has 0 unspecified atom stereocenters. The molecule has 2 aromatic carbocycles. The van der Waals surface area contributed by atoms with Gasteiger partial charge in [-0.1, -0.05) is 24.3 Å². The van der Waals surface area contributed by atoms with Gasteiger partial charge in [0.25, 0.3) is 0 Å². The van der Waals surface area contributed by atoms with Gasteiger partial charge in [-0.05, 0) is 25.7 Å². The molecule has 0 saturated heterocycles. The number of benzene rings is 2. The van der Waals surface area contributed by atoms with Crippen LogP contribution in [0.4, 0.5) is 0 Å². The summed E-state index contributed by atoms with van der Waals surface area (Å²) in [7, 11) is 0. The van der Waals surface area contributed by atoms with Crippen molar-refractivity contribution >= 4 is 7.91 Å². The van der Waals surface area contributed by atoms with Crippen LogP contribution in [0, 0.1) is 0 Å². The normalized spacial score (nSPS) is 17.0. The van der Waals surface area contributed by atoms with Gasteiger partial charge in [-0.3, -0.25) is 0 Å². The Morgan fingerprint density at radius 1 is 0.571 bits per heavy atom. The fourth-order valence-corrected chi connectivity index (χ4v) is 4.28. The molecule has 3 rings (SSSR count). The zero-order chi connectivity index (χ0) is 14.6. The van der Waals surface area contributed by atoms with Crippen molar-refractivity contribution in [1.29, 1.82) is 0 Å². The maximum atomic E-state index is 2.23. The minimum absolute atomic E-state index is 0.0186. The Morgan fingerprint density at radius 2 is 1.00 bits per heavy atom. The van der Waals surface area contributed by atoms with Crippen LogP contribution in [0.5, 0.6) is 0 Å². The molecule has 112 valence electrons. The van der Waals surface area contributed by atoms with Crippen molar-refractivity contribution in [3.05, 3.63) is 85.0 Å². The van der Waals surface area contributed by atoms with E-state index in [1.807, 2.05) is 0 Å². The van der Waals surface area contributed by atoms with Gasteiger partial charge in [0.15, 0.2) is 0 Å². The minimum atomic E-state index is 0.0186. The van der Waals surface area contributed by atoms with E-state index in [-0.39, 0.29) is 18.6 Å². The molecule has 0 fully saturated rings. The van der Waals surface area contributed by atoms with Gasteiger partial charge in [0.05, 0.1) is 0 Å². The van der Waals surface area contributed by atoms with E-state index in [0.29, 0.717) is 0 Å². The molecule has 0 saturated carbocycles. The quantitative estimate of drug-likeness (QED) is 0.628. The number of allylic oxidation sites excluding steroid dienone is 4. The topological polar surface area (TPSA) is 0 Å². The second-order valence-electron chi connectivity index (χ2n) is 4.74. The van der Waals surface area contributed by atoms with Gasteiger partial charge in [0.2, 0.25) is 0 Å². The van der Waals surface area contributed by atoms with E-state index in [1.165, 1.54) is 33.6 Å². The zero-order valence-electron chi connectivity index (χ0n) is 12.2. The SMILES string of the molecule is C1=C\CCCC\C=C/1.c1cc[c]([Pt][c]2ccccc2)cc1. The van der Waals surface area contributed by atoms with Crippen molar-refractivity contribution in [2.45, 2.75) is 25.7 Å². The Morgan fingerprint density at radius 3 is 1.43 bits per heavy atom. The molecule has 2 aromatic rings. The molecule has 1 heteroatoms. The van der Waals surface area contributed by atoms with Crippen LogP contribution in [-0.4, -0.2) is 0 Å². The summed E-state index contributed by atoms with van der Waals surface area (Å²) in [6.07, 6.45) is 14.0. The average Bonchev–Trinajstić information content (AvgIpc) is 2.49. The summed E-state index contributed by atoms with van der Waals surface area (Å²) in [6, 6.07) is 21.4. The number of hydrogen-bond donors (Lipinski definition) is 0. The molecule has 0 bridgehead atoms. The molecule has 0 radical (unpaired) electrons. The van der Waals surface area contributed by atoms with E-state index >= 15 is 0 Å². The molecule has 0 nitrogen and oxygen atoms in total. The summed E-state index contributed by atoms with van der Waals surface area (Å²) in [6.45, 7) is 0. The van der Waals surface area contributed by atoms with Crippen LogP contribution in [-0.2, 0) is 18.6 Å². The second-order valence-corrected chi connectivity index (χ2v) is 7.93. The number of rotatable bonds is 2. The molecule has 0 spiro atoms. The van der Waals surface area contributed by atoms with Gasteiger partial charge in [-0.2, -0.15) is 0 Å². The summed E-state index contributed by atoms with van der Waals surface area (Å²) in [5, 5.41) is 0. The average molecular weight is 457 g/mol. The van der Waals surface area contributed by atoms with E-state index in [4.69, 9.17) is 0 Å². The van der Waals surface area contributed by atoms with Gasteiger partial charge in [0, 0.05) is 0 Å². The van der Waals surface area contributed by atoms with Crippen LogP contribution in [0.2, 0.25) is 0 Å². The molecular weight excluding hydrogens is 435 g/mol. The zero-order valence-corrected chi connectivity index (χ0v) is 14.5. The molecule has 0 aliphatic heterocycles. The van der Waals surface area contributed by atoms with Crippen LogP contribution in [0.15, 0.2) is 85.0 Å². The number of hydrogen-bond acceptors (Lipinski definition) is 0. The van der Waals surface area contributed by atoms with Gasteiger partial charge in [-0.25, -0.2) is 0 Å². The molecule has 0 heterocycles. The van der Waals surface area contributed by atoms with Gasteiger partial charge in [0.1, 0.15) is 0 Å². The van der Waals surface area contributed by atoms with Crippen LogP contribution in [0.3, 0.4) is 0 Å². The van der Waals surface area contributed by atoms with Gasteiger partial charge < -0.3 is 0 Å². The van der Waals surface area contributed by atoms with Gasteiger partial charge >= 0.3 is 87.1 Å². The van der Waals surface area contributed by atoms with Crippen molar-refractivity contribution in [3.63, 3.8) is 0 Å². The first-order chi connectivity index (χ1) is 10.4. The summed E-state index contributed by atoms with van der Waals surface area (Å²) < 4.78 is 2.96. The summed E-state index contributed by atoms with van der Waals surface area (Å²) in [5.41, 5.74) is 0. The van der Waals surface area contributed by atoms with E-state index in [2.05, 4.69) is 85.0 Å². The monoisotopic (exact) mass is 457 g/mol. The third-order valence-electron chi connectivity index (χ3n) is 2.98. The summed E-state index contributed by atoms with van der Waals surface area (Å²) in [4.78, 5) is 0. The van der Waals surface area contributed by atoms with E-state index < -0.39 is 0 Å². The molecule has 21 heavy (non-hydrogen) atoms. The first-order valence-corrected chi connectivity index (χ1v) is 9.73.